The van der Waals surface area contributed by atoms with Gasteiger partial charge in [-0.05, 0) is 37.1 Å². The van der Waals surface area contributed by atoms with Crippen molar-refractivity contribution in [3.05, 3.63) is 59.4 Å². The van der Waals surface area contributed by atoms with Crippen molar-refractivity contribution in [1.82, 2.24) is 15.1 Å². The lowest BCUT2D eigenvalue weighted by atomic mass is 9.90. The Morgan fingerprint density at radius 3 is 2.44 bits per heavy atom. The van der Waals surface area contributed by atoms with E-state index in [9.17, 15) is 8.78 Å². The van der Waals surface area contributed by atoms with Gasteiger partial charge in [0.05, 0.1) is 33.1 Å². The first kappa shape index (κ1) is 22.1. The average Bonchev–Trinajstić information content (AvgIpc) is 3.31. The lowest BCUT2D eigenvalue weighted by molar-refractivity contribution is 0.194. The van der Waals surface area contributed by atoms with Crippen molar-refractivity contribution in [2.24, 2.45) is 0 Å². The van der Waals surface area contributed by atoms with Crippen LogP contribution in [0.25, 0.3) is 11.1 Å². The standard InChI is InChI=1S/C24H27F2N3O3/c1-30-17-10-22(31-2)19(23(11-17)32-3)14-29-8-4-5-16(13-29)24-18(12-27-28-24)15-6-7-20(25)21(26)9-15/h6-7,9-12,16H,4-5,8,13-14H2,1-3H3,(H,27,28)/t16-/m1/s1. The van der Waals surface area contributed by atoms with Crippen LogP contribution < -0.4 is 14.2 Å². The van der Waals surface area contributed by atoms with E-state index in [4.69, 9.17) is 14.2 Å². The van der Waals surface area contributed by atoms with Crippen LogP contribution in [-0.4, -0.2) is 49.5 Å². The molecule has 8 heteroatoms. The van der Waals surface area contributed by atoms with E-state index in [1.807, 2.05) is 12.1 Å². The van der Waals surface area contributed by atoms with E-state index in [1.54, 1.807) is 33.6 Å². The molecular formula is C24H27F2N3O3. The number of rotatable bonds is 7. The van der Waals surface area contributed by atoms with E-state index in [2.05, 4.69) is 15.1 Å². The quantitative estimate of drug-likeness (QED) is 0.571. The van der Waals surface area contributed by atoms with Gasteiger partial charge < -0.3 is 14.2 Å². The molecule has 0 saturated carbocycles. The Morgan fingerprint density at radius 2 is 1.78 bits per heavy atom. The second-order valence-corrected chi connectivity index (χ2v) is 7.91. The van der Waals surface area contributed by atoms with Crippen LogP contribution in [0, 0.1) is 11.6 Å². The van der Waals surface area contributed by atoms with Crippen molar-refractivity contribution >= 4 is 0 Å². The summed E-state index contributed by atoms with van der Waals surface area (Å²) in [6, 6.07) is 7.67. The Balaban J connectivity index is 1.57. The molecule has 2 heterocycles. The van der Waals surface area contributed by atoms with Crippen molar-refractivity contribution in [2.75, 3.05) is 34.4 Å². The number of nitrogens with zero attached hydrogens (tertiary/aromatic N) is 2. The number of hydrogen-bond acceptors (Lipinski definition) is 5. The zero-order valence-corrected chi connectivity index (χ0v) is 18.5. The largest absolute Gasteiger partial charge is 0.496 e. The van der Waals surface area contributed by atoms with E-state index in [-0.39, 0.29) is 5.92 Å². The fourth-order valence-corrected chi connectivity index (χ4v) is 4.39. The molecule has 2 aromatic carbocycles. The topological polar surface area (TPSA) is 59.6 Å². The average molecular weight is 443 g/mol. The van der Waals surface area contributed by atoms with Crippen LogP contribution >= 0.6 is 0 Å². The number of hydrogen-bond donors (Lipinski definition) is 1. The molecule has 1 aliphatic rings. The van der Waals surface area contributed by atoms with Gasteiger partial charge in [-0.3, -0.25) is 10.00 Å². The highest BCUT2D eigenvalue weighted by Gasteiger charge is 2.27. The van der Waals surface area contributed by atoms with Crippen LogP contribution in [-0.2, 0) is 6.54 Å². The number of likely N-dealkylation sites (tertiary alicyclic amines) is 1. The number of aromatic amines is 1. The Kier molecular flexibility index (Phi) is 6.60. The van der Waals surface area contributed by atoms with E-state index in [0.717, 1.165) is 48.8 Å². The SMILES string of the molecule is COc1cc(OC)c(CN2CCC[C@@H](c3[nH]ncc3-c3ccc(F)c(F)c3)C2)c(OC)c1. The number of benzene rings is 2. The molecule has 0 amide bonds. The molecule has 0 spiro atoms. The smallest absolute Gasteiger partial charge is 0.159 e. The van der Waals surface area contributed by atoms with Crippen molar-refractivity contribution in [1.29, 1.82) is 0 Å². The summed E-state index contributed by atoms with van der Waals surface area (Å²) >= 11 is 0. The minimum Gasteiger partial charge on any atom is -0.496 e. The van der Waals surface area contributed by atoms with Gasteiger partial charge in [0, 0.05) is 42.4 Å². The van der Waals surface area contributed by atoms with Gasteiger partial charge in [0.1, 0.15) is 17.2 Å². The number of H-pyrrole nitrogens is 1. The number of halogens is 2. The highest BCUT2D eigenvalue weighted by Crippen LogP contribution is 2.38. The molecule has 1 saturated heterocycles. The van der Waals surface area contributed by atoms with Crippen molar-refractivity contribution in [3.8, 4) is 28.4 Å². The van der Waals surface area contributed by atoms with E-state index in [1.165, 1.54) is 6.07 Å². The first-order valence-electron chi connectivity index (χ1n) is 10.5. The third-order valence-electron chi connectivity index (χ3n) is 6.01. The molecule has 0 radical (unpaired) electrons. The Bertz CT molecular complexity index is 1060. The second kappa shape index (κ2) is 9.56. The molecule has 3 aromatic rings. The Hall–Kier alpha value is -3.13. The van der Waals surface area contributed by atoms with Gasteiger partial charge in [0.15, 0.2) is 11.6 Å². The van der Waals surface area contributed by atoms with E-state index >= 15 is 0 Å². The van der Waals surface area contributed by atoms with Gasteiger partial charge in [0.25, 0.3) is 0 Å². The Labute approximate surface area is 186 Å². The molecule has 1 fully saturated rings. The fourth-order valence-electron chi connectivity index (χ4n) is 4.39. The molecule has 4 rings (SSSR count). The third-order valence-corrected chi connectivity index (χ3v) is 6.01. The second-order valence-electron chi connectivity index (χ2n) is 7.91. The van der Waals surface area contributed by atoms with Crippen LogP contribution in [0.4, 0.5) is 8.78 Å². The molecule has 0 aliphatic carbocycles. The lowest BCUT2D eigenvalue weighted by Gasteiger charge is -2.33. The lowest BCUT2D eigenvalue weighted by Crippen LogP contribution is -2.34. The van der Waals surface area contributed by atoms with E-state index in [0.29, 0.717) is 29.4 Å². The van der Waals surface area contributed by atoms with Gasteiger partial charge in [-0.2, -0.15) is 5.10 Å². The van der Waals surface area contributed by atoms with Crippen LogP contribution in [0.1, 0.15) is 30.0 Å². The normalized spacial score (nSPS) is 16.7. The predicted molar refractivity (Wildman–Crippen MR) is 117 cm³/mol. The number of piperidine rings is 1. The van der Waals surface area contributed by atoms with Crippen molar-refractivity contribution < 1.29 is 23.0 Å². The van der Waals surface area contributed by atoms with Crippen molar-refractivity contribution in [3.63, 3.8) is 0 Å². The molecule has 0 bridgehead atoms. The summed E-state index contributed by atoms with van der Waals surface area (Å²) in [4.78, 5) is 2.34. The first-order chi connectivity index (χ1) is 15.5. The van der Waals surface area contributed by atoms with Gasteiger partial charge >= 0.3 is 0 Å². The van der Waals surface area contributed by atoms with Crippen LogP contribution in [0.3, 0.4) is 0 Å². The van der Waals surface area contributed by atoms with E-state index < -0.39 is 11.6 Å². The maximum Gasteiger partial charge on any atom is 0.159 e. The van der Waals surface area contributed by atoms with Gasteiger partial charge in [0.2, 0.25) is 0 Å². The third kappa shape index (κ3) is 4.41. The molecule has 32 heavy (non-hydrogen) atoms. The number of ether oxygens (including phenoxy) is 3. The van der Waals surface area contributed by atoms with Gasteiger partial charge in [-0.25, -0.2) is 8.78 Å². The summed E-state index contributed by atoms with van der Waals surface area (Å²) < 4.78 is 43.7. The zero-order valence-electron chi connectivity index (χ0n) is 18.5. The Morgan fingerprint density at radius 1 is 1.03 bits per heavy atom. The maximum atomic E-state index is 13.8. The summed E-state index contributed by atoms with van der Waals surface area (Å²) in [5, 5.41) is 7.29. The summed E-state index contributed by atoms with van der Waals surface area (Å²) in [5.74, 6) is 0.570. The molecule has 6 nitrogen and oxygen atoms in total. The highest BCUT2D eigenvalue weighted by molar-refractivity contribution is 5.66. The molecule has 1 aliphatic heterocycles. The summed E-state index contributed by atoms with van der Waals surface area (Å²) in [6.07, 6.45) is 3.66. The molecule has 1 N–H and O–H groups in total. The monoisotopic (exact) mass is 443 g/mol. The van der Waals surface area contributed by atoms with Crippen LogP contribution in [0.15, 0.2) is 36.5 Å². The van der Waals surface area contributed by atoms with Crippen LogP contribution in [0.5, 0.6) is 17.2 Å². The maximum absolute atomic E-state index is 13.8. The minimum absolute atomic E-state index is 0.185. The zero-order chi connectivity index (χ0) is 22.7. The molecule has 0 unspecified atom stereocenters. The summed E-state index contributed by atoms with van der Waals surface area (Å²) in [6.45, 7) is 2.38. The first-order valence-corrected chi connectivity index (χ1v) is 10.5. The van der Waals surface area contributed by atoms with Gasteiger partial charge in [-0.1, -0.05) is 6.07 Å². The molecule has 170 valence electrons. The molecule has 1 atom stereocenters. The molecule has 1 aromatic heterocycles. The number of nitrogens with one attached hydrogen (secondary N) is 1. The summed E-state index contributed by atoms with van der Waals surface area (Å²) in [7, 11) is 4.88. The minimum atomic E-state index is -0.862. The van der Waals surface area contributed by atoms with Crippen molar-refractivity contribution in [2.45, 2.75) is 25.3 Å². The van der Waals surface area contributed by atoms with Crippen LogP contribution in [0.2, 0.25) is 0 Å². The fraction of sp³-hybridized carbons (Fsp3) is 0.375. The summed E-state index contributed by atoms with van der Waals surface area (Å²) in [5.41, 5.74) is 3.31. The molecular weight excluding hydrogens is 416 g/mol. The van der Waals surface area contributed by atoms with Gasteiger partial charge in [-0.15, -0.1) is 0 Å². The predicted octanol–water partition coefficient (Wildman–Crippen LogP) is 4.76. The highest BCUT2D eigenvalue weighted by atomic mass is 19.2. The number of methoxy groups -OCH3 is 3. The number of aromatic nitrogens is 2.